The number of ketones is 1. The number of oxime groups is 1. The minimum absolute atomic E-state index is 0.00504. The molecule has 1 fully saturated rings. The number of hydrogen-bond acceptors (Lipinski definition) is 8. The number of nitrogens with one attached hydrogen (secondary N) is 2. The topological polar surface area (TPSA) is 169 Å². The number of methoxy groups -OCH3 is 1. The Labute approximate surface area is 263 Å². The molecule has 2 heterocycles. The van der Waals surface area contributed by atoms with Gasteiger partial charge in [-0.2, -0.15) is 0 Å². The molecule has 0 unspecified atom stereocenters. The molecule has 44 heavy (non-hydrogen) atoms. The third-order valence-electron chi connectivity index (χ3n) is 7.99. The number of nitrogens with zero attached hydrogens (tertiary/aromatic N) is 2. The van der Waals surface area contributed by atoms with Crippen molar-refractivity contribution in [3.8, 4) is 0 Å². The van der Waals surface area contributed by atoms with E-state index in [4.69, 9.17) is 26.9 Å². The number of ether oxygens (including phenoxy) is 1. The molecule has 0 aliphatic carbocycles. The first kappa shape index (κ1) is 35.0. The number of rotatable bonds is 12. The molecule has 0 bridgehead atoms. The second kappa shape index (κ2) is 13.6. The van der Waals surface area contributed by atoms with E-state index in [2.05, 4.69) is 15.8 Å². The van der Waals surface area contributed by atoms with Gasteiger partial charge >= 0.3 is 0 Å². The molecular formula is C31H44ClN5O7. The van der Waals surface area contributed by atoms with Gasteiger partial charge in [0.2, 0.25) is 23.5 Å². The fourth-order valence-corrected chi connectivity index (χ4v) is 5.62. The zero-order chi connectivity index (χ0) is 33.0. The van der Waals surface area contributed by atoms with Gasteiger partial charge in [0.1, 0.15) is 12.1 Å². The van der Waals surface area contributed by atoms with Crippen molar-refractivity contribution in [1.29, 1.82) is 0 Å². The second-order valence-electron chi connectivity index (χ2n) is 13.3. The van der Waals surface area contributed by atoms with E-state index < -0.39 is 64.2 Å². The Hall–Kier alpha value is -3.51. The van der Waals surface area contributed by atoms with Crippen molar-refractivity contribution in [2.75, 3.05) is 13.7 Å². The lowest BCUT2D eigenvalue weighted by atomic mass is 9.85. The van der Waals surface area contributed by atoms with E-state index >= 15 is 0 Å². The Morgan fingerprint density at radius 1 is 1.18 bits per heavy atom. The number of carbonyl (C=O) groups is 5. The molecule has 1 spiro atoms. The number of amides is 4. The van der Waals surface area contributed by atoms with Crippen molar-refractivity contribution in [3.63, 3.8) is 0 Å². The molecule has 12 nitrogen and oxygen atoms in total. The largest absolute Gasteiger partial charge is 0.387 e. The molecule has 2 aliphatic rings. The lowest BCUT2D eigenvalue weighted by molar-refractivity contribution is -0.145. The predicted molar refractivity (Wildman–Crippen MR) is 165 cm³/mol. The van der Waals surface area contributed by atoms with Gasteiger partial charge in [-0.25, -0.2) is 0 Å². The van der Waals surface area contributed by atoms with Crippen molar-refractivity contribution in [2.45, 2.75) is 103 Å². The molecule has 2 aliphatic heterocycles. The summed E-state index contributed by atoms with van der Waals surface area (Å²) in [6.07, 6.45) is 1.04. The van der Waals surface area contributed by atoms with E-state index in [1.807, 2.05) is 26.8 Å². The van der Waals surface area contributed by atoms with Gasteiger partial charge in [0.15, 0.2) is 5.60 Å². The van der Waals surface area contributed by atoms with Crippen LogP contribution in [-0.2, 0) is 33.5 Å². The molecule has 242 valence electrons. The van der Waals surface area contributed by atoms with Gasteiger partial charge in [-0.1, -0.05) is 63.0 Å². The Bertz CT molecular complexity index is 1320. The maximum absolute atomic E-state index is 14.3. The molecule has 0 radical (unpaired) electrons. The smallest absolute Gasteiger partial charge is 0.287 e. The number of halogens is 1. The molecule has 4 atom stereocenters. The molecule has 1 aromatic rings. The third-order valence-corrected chi connectivity index (χ3v) is 8.23. The molecule has 1 aromatic carbocycles. The summed E-state index contributed by atoms with van der Waals surface area (Å²) >= 11 is 6.19. The molecule has 13 heteroatoms. The van der Waals surface area contributed by atoms with Gasteiger partial charge in [-0.15, -0.1) is 0 Å². The van der Waals surface area contributed by atoms with Gasteiger partial charge in [0.25, 0.3) is 5.91 Å². The summed E-state index contributed by atoms with van der Waals surface area (Å²) in [4.78, 5) is 72.7. The van der Waals surface area contributed by atoms with Gasteiger partial charge in [0.05, 0.1) is 30.3 Å². The van der Waals surface area contributed by atoms with Crippen LogP contribution in [0.3, 0.4) is 0 Å². The zero-order valence-electron chi connectivity index (χ0n) is 26.5. The first-order chi connectivity index (χ1) is 20.4. The van der Waals surface area contributed by atoms with Crippen LogP contribution in [0.1, 0.15) is 79.2 Å². The van der Waals surface area contributed by atoms with E-state index in [9.17, 15) is 24.0 Å². The highest BCUT2D eigenvalue weighted by Crippen LogP contribution is 2.40. The van der Waals surface area contributed by atoms with Crippen LogP contribution < -0.4 is 16.4 Å². The lowest BCUT2D eigenvalue weighted by Crippen LogP contribution is -2.59. The van der Waals surface area contributed by atoms with Gasteiger partial charge in [-0.3, -0.25) is 24.0 Å². The minimum atomic E-state index is -1.16. The van der Waals surface area contributed by atoms with E-state index in [0.29, 0.717) is 17.2 Å². The number of benzene rings is 1. The van der Waals surface area contributed by atoms with Crippen LogP contribution in [0, 0.1) is 5.41 Å². The average Bonchev–Trinajstić information content (AvgIpc) is 3.53. The summed E-state index contributed by atoms with van der Waals surface area (Å²) in [5, 5.41) is 10.3. The zero-order valence-corrected chi connectivity index (χ0v) is 27.2. The maximum Gasteiger partial charge on any atom is 0.287 e. The fourth-order valence-electron chi connectivity index (χ4n) is 5.43. The molecule has 0 aromatic heterocycles. The Kier molecular flexibility index (Phi) is 10.8. The number of Topliss-reactive ketones (excluding diaryl/α,β-unsaturated/α-hetero) is 1. The van der Waals surface area contributed by atoms with Crippen molar-refractivity contribution < 1.29 is 33.5 Å². The molecular weight excluding hydrogens is 590 g/mol. The Balaban J connectivity index is 1.95. The lowest BCUT2D eigenvalue weighted by Gasteiger charge is -2.36. The number of nitrogens with two attached hydrogens (primary N) is 1. The van der Waals surface area contributed by atoms with Gasteiger partial charge < -0.3 is 30.8 Å². The van der Waals surface area contributed by atoms with Crippen LogP contribution in [0.2, 0.25) is 5.02 Å². The SMILES string of the molecule is CCC[C@H](NC(=O)[C@@H]1C[C@]2(CC(c3cccc(Cl)c3)=NO2)CN1C(=O)[C@@H](NC(=O)CC(C)(C)OC)C(C)(C)C)C(=O)C(N)=O. The highest BCUT2D eigenvalue weighted by Gasteiger charge is 2.55. The van der Waals surface area contributed by atoms with Crippen LogP contribution in [-0.4, -0.2) is 83.0 Å². The predicted octanol–water partition coefficient (Wildman–Crippen LogP) is 2.49. The summed E-state index contributed by atoms with van der Waals surface area (Å²) < 4.78 is 5.39. The highest BCUT2D eigenvalue weighted by molar-refractivity contribution is 6.37. The molecule has 1 saturated heterocycles. The summed E-state index contributed by atoms with van der Waals surface area (Å²) in [6, 6.07) is 3.87. The van der Waals surface area contributed by atoms with Crippen LogP contribution >= 0.6 is 11.6 Å². The van der Waals surface area contributed by atoms with Crippen molar-refractivity contribution in [2.24, 2.45) is 16.3 Å². The number of likely N-dealkylation sites (tertiary alicyclic amines) is 1. The van der Waals surface area contributed by atoms with Crippen molar-refractivity contribution in [1.82, 2.24) is 15.5 Å². The monoisotopic (exact) mass is 633 g/mol. The number of carbonyl (C=O) groups excluding carboxylic acids is 5. The van der Waals surface area contributed by atoms with Gasteiger partial charge in [-0.05, 0) is 37.8 Å². The summed E-state index contributed by atoms with van der Waals surface area (Å²) in [7, 11) is 1.50. The van der Waals surface area contributed by atoms with E-state index in [-0.39, 0.29) is 32.2 Å². The van der Waals surface area contributed by atoms with E-state index in [0.717, 1.165) is 5.56 Å². The molecule has 4 amide bonds. The molecule has 4 N–H and O–H groups in total. The second-order valence-corrected chi connectivity index (χ2v) is 13.7. The quantitative estimate of drug-likeness (QED) is 0.297. The van der Waals surface area contributed by atoms with Gasteiger partial charge in [0, 0.05) is 30.5 Å². The third kappa shape index (κ3) is 8.35. The maximum atomic E-state index is 14.3. The normalized spacial score (nSPS) is 21.3. The van der Waals surface area contributed by atoms with E-state index in [1.54, 1.807) is 39.0 Å². The Morgan fingerprint density at radius 2 is 1.86 bits per heavy atom. The first-order valence-electron chi connectivity index (χ1n) is 14.7. The van der Waals surface area contributed by atoms with Crippen molar-refractivity contribution in [3.05, 3.63) is 34.9 Å². The number of hydrogen-bond donors (Lipinski definition) is 3. The summed E-state index contributed by atoms with van der Waals surface area (Å²) in [6.45, 7) is 10.8. The average molecular weight is 634 g/mol. The van der Waals surface area contributed by atoms with Crippen LogP contribution in [0.5, 0.6) is 0 Å². The molecule has 3 rings (SSSR count). The summed E-state index contributed by atoms with van der Waals surface area (Å²) in [5.74, 6) is -3.60. The van der Waals surface area contributed by atoms with Crippen LogP contribution in [0.15, 0.2) is 29.4 Å². The highest BCUT2D eigenvalue weighted by atomic mass is 35.5. The fraction of sp³-hybridized carbons (Fsp3) is 0.613. The minimum Gasteiger partial charge on any atom is -0.387 e. The Morgan fingerprint density at radius 3 is 2.43 bits per heavy atom. The van der Waals surface area contributed by atoms with Crippen molar-refractivity contribution >= 4 is 46.7 Å². The molecule has 0 saturated carbocycles. The summed E-state index contributed by atoms with van der Waals surface area (Å²) in [5.41, 5.74) is 4.04. The first-order valence-corrected chi connectivity index (χ1v) is 15.1. The van der Waals surface area contributed by atoms with Crippen LogP contribution in [0.4, 0.5) is 0 Å². The standard InChI is InChI=1S/C31H44ClN5O7/c1-8-10-20(24(39)26(33)40)34-27(41)22-15-31(14-21(36-44-31)18-11-9-12-19(32)13-18)17-37(22)28(42)25(29(2,3)4)35-23(38)16-30(5,6)43-7/h9,11-13,20,22,25H,8,10,14-17H2,1-7H3,(H2,33,40)(H,34,41)(H,35,38)/t20-,22-,25+,31+/m0/s1. The van der Waals surface area contributed by atoms with Crippen LogP contribution in [0.25, 0.3) is 0 Å². The number of primary amides is 1. The van der Waals surface area contributed by atoms with E-state index in [1.165, 1.54) is 12.0 Å².